The number of aromatic hydroxyl groups is 1. The Balaban J connectivity index is 0.00000329. The summed E-state index contributed by atoms with van der Waals surface area (Å²) in [4.78, 5) is 13.4. The Morgan fingerprint density at radius 2 is 1.56 bits per heavy atom. The van der Waals surface area contributed by atoms with Crippen molar-refractivity contribution < 1.29 is 62.7 Å². The van der Waals surface area contributed by atoms with Crippen molar-refractivity contribution in [3.63, 3.8) is 0 Å². The molecular weight excluding hydrogens is 568 g/mol. The Kier molecular flexibility index (Phi) is 7.82. The van der Waals surface area contributed by atoms with Gasteiger partial charge in [0.15, 0.2) is 35.6 Å². The van der Waals surface area contributed by atoms with E-state index >= 15 is 0 Å². The van der Waals surface area contributed by atoms with Gasteiger partial charge in [-0.05, 0) is 47.9 Å². The van der Waals surface area contributed by atoms with Crippen molar-refractivity contribution in [1.29, 1.82) is 0 Å². The molecule has 3 N–H and O–H groups in total. The molecule has 13 nitrogen and oxygen atoms in total. The quantitative estimate of drug-likeness (QED) is 0.426. The maximum absolute atomic E-state index is 13.4. The fourth-order valence-electron chi connectivity index (χ4n) is 6.74. The van der Waals surface area contributed by atoms with Crippen molar-refractivity contribution in [3.05, 3.63) is 41.0 Å². The first-order valence-electron chi connectivity index (χ1n) is 13.8. The van der Waals surface area contributed by atoms with Crippen LogP contribution in [0.2, 0.25) is 0 Å². The molecule has 5 aliphatic rings. The van der Waals surface area contributed by atoms with Crippen LogP contribution in [0, 0.1) is 11.8 Å². The van der Waals surface area contributed by atoms with Crippen LogP contribution in [0.1, 0.15) is 43.1 Å². The van der Waals surface area contributed by atoms with Crippen LogP contribution in [0.4, 0.5) is 0 Å². The van der Waals surface area contributed by atoms with Gasteiger partial charge in [0, 0.05) is 11.8 Å². The Morgan fingerprint density at radius 1 is 0.884 bits per heavy atom. The summed E-state index contributed by atoms with van der Waals surface area (Å²) in [5, 5.41) is 32.5. The summed E-state index contributed by atoms with van der Waals surface area (Å²) < 4.78 is 51.5. The number of esters is 1. The van der Waals surface area contributed by atoms with Crippen LogP contribution < -0.4 is 18.9 Å². The van der Waals surface area contributed by atoms with Gasteiger partial charge in [-0.1, -0.05) is 7.43 Å². The van der Waals surface area contributed by atoms with E-state index in [1.54, 1.807) is 31.2 Å². The average molecular weight is 605 g/mol. The lowest BCUT2D eigenvalue weighted by atomic mass is 9.66. The van der Waals surface area contributed by atoms with E-state index in [9.17, 15) is 20.1 Å². The first-order valence-corrected chi connectivity index (χ1v) is 13.8. The summed E-state index contributed by atoms with van der Waals surface area (Å²) in [7, 11) is 2.86. The second-order valence-corrected chi connectivity index (χ2v) is 11.0. The van der Waals surface area contributed by atoms with E-state index in [-0.39, 0.29) is 44.7 Å². The first kappa shape index (κ1) is 29.7. The second kappa shape index (κ2) is 11.3. The summed E-state index contributed by atoms with van der Waals surface area (Å²) in [6.07, 6.45) is -6.80. The minimum Gasteiger partial charge on any atom is -0.502 e. The maximum Gasteiger partial charge on any atom is 0.310 e. The van der Waals surface area contributed by atoms with Gasteiger partial charge in [-0.3, -0.25) is 4.79 Å². The maximum atomic E-state index is 13.4. The van der Waals surface area contributed by atoms with Gasteiger partial charge in [0.1, 0.15) is 24.4 Å². The van der Waals surface area contributed by atoms with E-state index in [1.807, 2.05) is 0 Å². The predicted octanol–water partition coefficient (Wildman–Crippen LogP) is 1.97. The summed E-state index contributed by atoms with van der Waals surface area (Å²) in [6.45, 7) is 1.93. The highest BCUT2D eigenvalue weighted by molar-refractivity contribution is 5.79. The van der Waals surface area contributed by atoms with Gasteiger partial charge in [0.25, 0.3) is 0 Å². The monoisotopic (exact) mass is 604 g/mol. The summed E-state index contributed by atoms with van der Waals surface area (Å²) in [6, 6.07) is 6.93. The van der Waals surface area contributed by atoms with Gasteiger partial charge in [0.2, 0.25) is 12.5 Å². The topological polar surface area (TPSA) is 161 Å². The van der Waals surface area contributed by atoms with E-state index in [2.05, 4.69) is 0 Å². The van der Waals surface area contributed by atoms with Crippen molar-refractivity contribution in [2.45, 2.75) is 63.4 Å². The van der Waals surface area contributed by atoms with E-state index in [0.29, 0.717) is 28.2 Å². The molecule has 4 aliphatic heterocycles. The summed E-state index contributed by atoms with van der Waals surface area (Å²) in [5.74, 6) is -1.02. The van der Waals surface area contributed by atoms with Gasteiger partial charge in [0.05, 0.1) is 39.5 Å². The average Bonchev–Trinajstić information content (AvgIpc) is 3.61. The van der Waals surface area contributed by atoms with Crippen LogP contribution in [0.15, 0.2) is 24.3 Å². The number of methoxy groups -OCH3 is 2. The number of carbonyl (C=O) groups excluding carboxylic acids is 1. The van der Waals surface area contributed by atoms with Crippen LogP contribution in [0.5, 0.6) is 28.7 Å². The molecular formula is C30H36O13. The number of rotatable bonds is 5. The van der Waals surface area contributed by atoms with Gasteiger partial charge in [-0.25, -0.2) is 0 Å². The smallest absolute Gasteiger partial charge is 0.310 e. The molecule has 0 amide bonds. The molecule has 43 heavy (non-hydrogen) atoms. The van der Waals surface area contributed by atoms with Crippen molar-refractivity contribution >= 4 is 5.97 Å². The fourth-order valence-corrected chi connectivity index (χ4v) is 6.74. The van der Waals surface area contributed by atoms with Crippen molar-refractivity contribution in [2.24, 2.45) is 11.8 Å². The van der Waals surface area contributed by atoms with Gasteiger partial charge >= 0.3 is 5.97 Å². The van der Waals surface area contributed by atoms with Crippen LogP contribution >= 0.6 is 0 Å². The molecule has 1 aliphatic carbocycles. The Bertz CT molecular complexity index is 1350. The number of phenolic OH excluding ortho intramolecular Hbond substituents is 1. The Hall–Kier alpha value is -3.33. The zero-order valence-electron chi connectivity index (χ0n) is 23.1. The number of fused-ring (bicyclic) bond motifs is 4. The summed E-state index contributed by atoms with van der Waals surface area (Å²) in [5.41, 5.74) is 2.01. The second-order valence-electron chi connectivity index (χ2n) is 11.0. The molecule has 2 aromatic carbocycles. The van der Waals surface area contributed by atoms with Gasteiger partial charge < -0.3 is 58.0 Å². The minimum absolute atomic E-state index is 0. The van der Waals surface area contributed by atoms with Crippen molar-refractivity contribution in [3.8, 4) is 28.7 Å². The number of aliphatic hydroxyl groups is 2. The molecule has 3 saturated heterocycles. The lowest BCUT2D eigenvalue weighted by Gasteiger charge is -2.47. The zero-order chi connectivity index (χ0) is 29.3. The number of phenols is 1. The number of ether oxygens (including phenoxy) is 9. The predicted molar refractivity (Wildman–Crippen MR) is 145 cm³/mol. The normalized spacial score (nSPS) is 35.6. The fraction of sp³-hybridized carbons (Fsp3) is 0.567. The molecule has 4 heterocycles. The molecule has 2 unspecified atom stereocenters. The molecule has 0 radical (unpaired) electrons. The molecule has 0 aromatic heterocycles. The molecule has 10 atom stereocenters. The van der Waals surface area contributed by atoms with Crippen molar-refractivity contribution in [1.82, 2.24) is 0 Å². The van der Waals surface area contributed by atoms with Crippen LogP contribution in [-0.4, -0.2) is 92.5 Å². The van der Waals surface area contributed by atoms with E-state index in [0.717, 1.165) is 0 Å². The van der Waals surface area contributed by atoms with Gasteiger partial charge in [-0.2, -0.15) is 0 Å². The zero-order valence-corrected chi connectivity index (χ0v) is 23.1. The van der Waals surface area contributed by atoms with Crippen LogP contribution in [0.3, 0.4) is 0 Å². The molecule has 2 aromatic rings. The number of cyclic esters (lactones) is 1. The molecule has 3 fully saturated rings. The third-order valence-corrected chi connectivity index (χ3v) is 8.75. The van der Waals surface area contributed by atoms with E-state index < -0.39 is 66.8 Å². The Labute approximate surface area is 248 Å². The molecule has 0 bridgehead atoms. The highest BCUT2D eigenvalue weighted by atomic mass is 16.8. The Morgan fingerprint density at radius 3 is 2.23 bits per heavy atom. The van der Waals surface area contributed by atoms with Gasteiger partial charge in [-0.15, -0.1) is 0 Å². The number of aliphatic hydroxyl groups excluding tert-OH is 2. The SMILES string of the molecule is C.COc1cc([C@@H]2c3cc4c(cc3C(O[C@@H]3O[C@@H]5CO[C@@H](C)O[C@H]5[C@H](O)[C@H]3O)C3COC(=O)[C@@H]32)OCO4)cc(OC)c1O. The molecule has 234 valence electrons. The number of benzene rings is 2. The van der Waals surface area contributed by atoms with Crippen LogP contribution in [-0.2, 0) is 28.5 Å². The lowest BCUT2D eigenvalue weighted by Crippen LogP contribution is -2.63. The van der Waals surface area contributed by atoms with E-state index in [1.165, 1.54) is 14.2 Å². The third-order valence-electron chi connectivity index (χ3n) is 8.75. The summed E-state index contributed by atoms with van der Waals surface area (Å²) >= 11 is 0. The number of hydrogen-bond acceptors (Lipinski definition) is 13. The standard InChI is InChI=1S/C29H32O13.CH4/c1-11-36-9-20-27(40-11)24(31)25(32)29(41-20)42-26-14-7-17-16(38-10-39-17)6-13(14)21(22-15(26)8-37-28(22)33)12-4-18(34-2)23(30)19(5-12)35-3;/h4-7,11,15,20-22,24-27,29-32H,8-10H2,1-3H3;1H4/t11-,15?,20-,21-,22+,24-,25-,26?,27-,29+;/m1./s1. The van der Waals surface area contributed by atoms with Crippen molar-refractivity contribution in [2.75, 3.05) is 34.2 Å². The van der Waals surface area contributed by atoms with Crippen LogP contribution in [0.25, 0.3) is 0 Å². The number of carbonyl (C=O) groups is 1. The first-order chi connectivity index (χ1) is 20.3. The minimum atomic E-state index is -1.44. The number of hydrogen-bond donors (Lipinski definition) is 3. The third kappa shape index (κ3) is 4.75. The van der Waals surface area contributed by atoms with E-state index in [4.69, 9.17) is 42.6 Å². The highest BCUT2D eigenvalue weighted by Gasteiger charge is 2.56. The highest BCUT2D eigenvalue weighted by Crippen LogP contribution is 2.57. The molecule has 7 rings (SSSR count). The molecule has 0 saturated carbocycles. The molecule has 0 spiro atoms. The largest absolute Gasteiger partial charge is 0.502 e. The molecule has 13 heteroatoms. The lowest BCUT2D eigenvalue weighted by molar-refractivity contribution is -0.364.